The first-order valence-corrected chi connectivity index (χ1v) is 42.9. The van der Waals surface area contributed by atoms with Crippen LogP contribution < -0.4 is 22.5 Å². The van der Waals surface area contributed by atoms with Crippen LogP contribution in [0.1, 0.15) is 178 Å². The Morgan fingerprint density at radius 2 is 0.943 bits per heavy atom. The van der Waals surface area contributed by atoms with Crippen molar-refractivity contribution in [2.24, 2.45) is 0 Å². The van der Waals surface area contributed by atoms with Gasteiger partial charge in [-0.15, -0.1) is 8.58 Å². The van der Waals surface area contributed by atoms with Gasteiger partial charge < -0.3 is 54.7 Å². The Morgan fingerprint density at radius 1 is 0.591 bits per heavy atom. The third-order valence-corrected chi connectivity index (χ3v) is 41.2. The van der Waals surface area contributed by atoms with Crippen molar-refractivity contribution in [1.29, 1.82) is 5.26 Å². The van der Waals surface area contributed by atoms with Crippen molar-refractivity contribution in [2.45, 2.75) is 282 Å². The van der Waals surface area contributed by atoms with E-state index in [1.54, 1.807) is 6.92 Å². The average molecular weight is 1800 g/mol. The Hall–Kier alpha value is -0.0117. The van der Waals surface area contributed by atoms with Gasteiger partial charge in [0.1, 0.15) is 50.2 Å². The molecule has 7 unspecified atom stereocenters. The quantitative estimate of drug-likeness (QED) is 0.0482. The minimum atomic E-state index is -3.00. The molecule has 4 fully saturated rings. The largest absolute Gasteiger partial charge is 0.414 e. The summed E-state index contributed by atoms with van der Waals surface area (Å²) in [6.45, 7) is 54.5. The summed E-state index contributed by atoms with van der Waals surface area (Å²) in [6.07, 6.45) is -3.60. The van der Waals surface area contributed by atoms with Gasteiger partial charge in [0.2, 0.25) is 0 Å². The van der Waals surface area contributed by atoms with E-state index >= 15 is 0 Å². The molecule has 1 radical (unpaired) electrons. The van der Waals surface area contributed by atoms with Crippen LogP contribution in [0.5, 0.6) is 0 Å². The van der Waals surface area contributed by atoms with Crippen LogP contribution in [0.2, 0.25) is 61.0 Å². The summed E-state index contributed by atoms with van der Waals surface area (Å²) in [5, 5.41) is 20.1. The SMILES string of the molecule is CC(C)[Si](C(C)C)C(C)C.CC(C)[Si]1(C(C)C)OCC2OC(n3ccc(=O)[nH]c3=O)C(O)[C@H]2O[Si](C(C)C)(C(C)C)O1.CC(CC#N)OCOCOC1C(n2ccc(=O)[nH]c2=O)OC2CO[Si](C(C)C)(C(C)C)O[Si](C(C)C)(C(C)C)O[C@@H]21.CPC.[U].[U]. The first-order chi connectivity index (χ1) is 40.0. The number of aliphatic hydroxyl groups excluding tert-OH is 1. The van der Waals surface area contributed by atoms with Crippen molar-refractivity contribution in [2.75, 3.05) is 40.1 Å². The molecule has 2 aromatic rings. The third-order valence-electron chi connectivity index (χ3n) is 16.7. The Morgan fingerprint density at radius 3 is 1.28 bits per heavy atom. The normalized spacial score (nSPS) is 25.0. The van der Waals surface area contributed by atoms with Crippen molar-refractivity contribution >= 4 is 51.6 Å². The average Bonchev–Trinajstić information content (AvgIpc) is 2.61. The maximum Gasteiger partial charge on any atom is 0.335 e. The first kappa shape index (κ1) is 86.0. The fourth-order valence-corrected chi connectivity index (χ4v) is 39.1. The Bertz CT molecular complexity index is 2590. The molecule has 0 aliphatic carbocycles. The number of aliphatic hydroxyl groups is 1. The molecule has 0 aromatic carbocycles. The molecule has 6 rings (SSSR count). The van der Waals surface area contributed by atoms with Crippen LogP contribution in [0.4, 0.5) is 0 Å². The number of nitrogens with zero attached hydrogens (tertiary/aromatic N) is 3. The molecule has 0 amide bonds. The first-order valence-electron chi connectivity index (χ1n) is 31.3. The van der Waals surface area contributed by atoms with Crippen molar-refractivity contribution in [3.8, 4) is 6.07 Å². The topological polar surface area (TPSA) is 255 Å². The van der Waals surface area contributed by atoms with E-state index in [-0.39, 0.29) is 155 Å². The van der Waals surface area contributed by atoms with Crippen molar-refractivity contribution in [1.82, 2.24) is 19.1 Å². The summed E-state index contributed by atoms with van der Waals surface area (Å²) in [4.78, 5) is 53.1. The molecule has 3 N–H and O–H groups in total. The van der Waals surface area contributed by atoms with E-state index in [4.69, 9.17) is 54.9 Å². The van der Waals surface area contributed by atoms with E-state index in [1.807, 2.05) is 0 Å². The van der Waals surface area contributed by atoms with Crippen LogP contribution in [-0.4, -0.2) is 150 Å². The molecule has 6 heterocycles. The molecule has 88 heavy (non-hydrogen) atoms. The minimum absolute atomic E-state index is 0. The number of nitriles is 1. The smallest absolute Gasteiger partial charge is 0.335 e. The van der Waals surface area contributed by atoms with Crippen LogP contribution >= 0.6 is 8.58 Å². The van der Waals surface area contributed by atoms with Gasteiger partial charge in [-0.2, -0.15) is 5.26 Å². The van der Waals surface area contributed by atoms with Crippen molar-refractivity contribution in [3.05, 3.63) is 66.2 Å². The van der Waals surface area contributed by atoms with E-state index in [0.717, 1.165) is 25.2 Å². The summed E-state index contributed by atoms with van der Waals surface area (Å²) in [5.41, 5.74) is 1.60. The van der Waals surface area contributed by atoms with E-state index in [2.05, 4.69) is 182 Å². The number of hydrogen-bond acceptors (Lipinski definition) is 17. The molecule has 0 bridgehead atoms. The molecule has 4 aliphatic heterocycles. The zero-order valence-corrected chi connectivity index (χ0v) is 72.1. The fraction of sp³-hybridized carbons (Fsp3) is 0.847. The Labute approximate surface area is 582 Å². The van der Waals surface area contributed by atoms with Crippen LogP contribution in [0.15, 0.2) is 43.7 Å². The van der Waals surface area contributed by atoms with Crippen LogP contribution in [-0.2, 0) is 49.6 Å². The fourth-order valence-electron chi connectivity index (χ4n) is 12.7. The van der Waals surface area contributed by atoms with E-state index in [0.29, 0.717) is 0 Å². The van der Waals surface area contributed by atoms with Crippen LogP contribution in [0.3, 0.4) is 0 Å². The molecule has 21 nitrogen and oxygen atoms in total. The monoisotopic (exact) mass is 1790 g/mol. The van der Waals surface area contributed by atoms with Crippen LogP contribution in [0, 0.1) is 73.6 Å². The number of rotatable bonds is 20. The molecule has 9 atom stereocenters. The summed E-state index contributed by atoms with van der Waals surface area (Å²) in [5.74, 6) is 0. The predicted octanol–water partition coefficient (Wildman–Crippen LogP) is 11.4. The molecule has 29 heteroatoms. The third kappa shape index (κ3) is 21.2. The summed E-state index contributed by atoms with van der Waals surface area (Å²) in [6, 6.07) is 4.55. The van der Waals surface area contributed by atoms with E-state index < -0.39 is 106 Å². The molecule has 0 saturated carbocycles. The summed E-state index contributed by atoms with van der Waals surface area (Å²) >= 11 is 0. The summed E-state index contributed by atoms with van der Waals surface area (Å²) < 4.78 is 74.2. The zero-order chi connectivity index (χ0) is 65.6. The van der Waals surface area contributed by atoms with Gasteiger partial charge >= 0.3 is 45.6 Å². The molecule has 4 saturated heterocycles. The molecule has 0 spiro atoms. The Balaban J connectivity index is 0.000000731. The number of ether oxygens (including phenoxy) is 5. The second-order valence-electron chi connectivity index (χ2n) is 26.6. The molecule has 503 valence electrons. The number of H-pyrrole nitrogens is 2. The van der Waals surface area contributed by atoms with Gasteiger partial charge in [-0.3, -0.25) is 28.7 Å². The van der Waals surface area contributed by atoms with Gasteiger partial charge in [-0.1, -0.05) is 169 Å². The van der Waals surface area contributed by atoms with Crippen molar-refractivity contribution in [3.63, 3.8) is 0 Å². The number of hydrogen-bond donors (Lipinski definition) is 3. The van der Waals surface area contributed by atoms with Gasteiger partial charge in [0.15, 0.2) is 12.5 Å². The number of aromatic amines is 2. The van der Waals surface area contributed by atoms with E-state index in [9.17, 15) is 24.3 Å². The van der Waals surface area contributed by atoms with Crippen LogP contribution in [0.25, 0.3) is 0 Å². The summed E-state index contributed by atoms with van der Waals surface area (Å²) in [7, 11) is -10.5. The molecule has 2 aromatic heterocycles. The number of nitrogens with one attached hydrogen (secondary N) is 2. The molecular formula is C59H113N5O16PSi5U2. The Kier molecular flexibility index (Phi) is 37.8. The van der Waals surface area contributed by atoms with Gasteiger partial charge in [0.05, 0.1) is 40.6 Å². The molecule has 4 aliphatic rings. The molecular weight excluding hydrogens is 1680 g/mol. The van der Waals surface area contributed by atoms with E-state index in [1.165, 1.54) is 33.7 Å². The minimum Gasteiger partial charge on any atom is -0.414 e. The maximum atomic E-state index is 12.9. The number of fused-ring (bicyclic) bond motifs is 2. The van der Waals surface area contributed by atoms with Gasteiger partial charge in [-0.25, -0.2) is 9.59 Å². The number of aromatic nitrogens is 4. The van der Waals surface area contributed by atoms with Gasteiger partial charge in [-0.05, 0) is 64.6 Å². The van der Waals surface area contributed by atoms with Crippen molar-refractivity contribution < 1.29 is 117 Å². The second kappa shape index (κ2) is 38.7. The predicted molar refractivity (Wildman–Crippen MR) is 352 cm³/mol. The zero-order valence-electron chi connectivity index (χ0n) is 57.8. The standard InChI is InChI=1S/C27H47N3O9Si2.C21H38N2O7Si2.C9H21Si.C2H7P.2U/c1-17(2)40(18(3)4)36-14-22-24(38-41(39-40,19(5)6)20(7)8)25(35-16-33-15-34-21(9)10-12-28)26(37-22)30-13-11-23(31)29-27(30)32;1-12(2)31(13(3)4)27-11-16-19(29-32(30-31,14(5)6)15(7)8)18(25)20(28-16)23-10-9-17(24)22-21(23)26;1-7(2)10(8(3)4)9(5)6;1-3-2;;/h11,13,17-22,24-26H,10,14-16H2,1-9H3,(H,29,31,32);9-10,12-16,18-20,25H,11H2,1-8H3,(H,22,24,26);7-9H,1-6H3;3H,1-2H3;;/t21?,22?,24-,25?,26?;16?,18?,19-,20?;;;;/m00..../s1. The van der Waals surface area contributed by atoms with Gasteiger partial charge in [0, 0.05) is 86.8 Å². The van der Waals surface area contributed by atoms with Gasteiger partial charge in [0.25, 0.3) is 11.1 Å². The maximum absolute atomic E-state index is 12.9. The second-order valence-corrected chi connectivity index (χ2v) is 49.8.